The van der Waals surface area contributed by atoms with Crippen molar-refractivity contribution in [3.8, 4) is 0 Å². The van der Waals surface area contributed by atoms with E-state index in [2.05, 4.69) is 15.2 Å². The molecule has 2 N–H and O–H groups in total. The molecule has 1 aliphatic carbocycles. The zero-order chi connectivity index (χ0) is 19.2. The lowest BCUT2D eigenvalue weighted by Crippen LogP contribution is -2.69. The molecule has 1 aromatic heterocycles. The zero-order valence-corrected chi connectivity index (χ0v) is 16.5. The van der Waals surface area contributed by atoms with Crippen molar-refractivity contribution in [2.75, 3.05) is 7.11 Å². The van der Waals surface area contributed by atoms with Crippen LogP contribution in [0.2, 0.25) is 0 Å². The van der Waals surface area contributed by atoms with E-state index in [1.807, 2.05) is 20.8 Å². The van der Waals surface area contributed by atoms with Crippen LogP contribution in [-0.2, 0) is 19.6 Å². The van der Waals surface area contributed by atoms with Gasteiger partial charge in [-0.2, -0.15) is 4.72 Å². The highest BCUT2D eigenvalue weighted by Gasteiger charge is 2.55. The standard InChI is InChI=1S/C16H27N3O5S/c1-8-13(16(5,6)14(8)23-7)17-15(20)10(3)19-25(21,22)12-9(2)18-24-11(12)4/h8,10,13-14,19H,1-7H3,(H,17,20)/t8-,10-,13+,14+/m0/s1. The predicted octanol–water partition coefficient (Wildman–Crippen LogP) is 1.13. The monoisotopic (exact) mass is 373 g/mol. The van der Waals surface area contributed by atoms with Gasteiger partial charge in [0.25, 0.3) is 0 Å². The van der Waals surface area contributed by atoms with Crippen molar-refractivity contribution >= 4 is 15.9 Å². The fraction of sp³-hybridized carbons (Fsp3) is 0.750. The van der Waals surface area contributed by atoms with Gasteiger partial charge in [-0.25, -0.2) is 8.42 Å². The minimum atomic E-state index is -3.90. The molecule has 2 rings (SSSR count). The van der Waals surface area contributed by atoms with Crippen molar-refractivity contribution < 1.29 is 22.5 Å². The first-order valence-electron chi connectivity index (χ1n) is 8.21. The quantitative estimate of drug-likeness (QED) is 0.773. The molecule has 0 aromatic carbocycles. The molecule has 0 bridgehead atoms. The van der Waals surface area contributed by atoms with Crippen LogP contribution in [0.1, 0.15) is 39.1 Å². The first-order valence-corrected chi connectivity index (χ1v) is 9.70. The Balaban J connectivity index is 2.07. The summed E-state index contributed by atoms with van der Waals surface area (Å²) in [5.41, 5.74) is 0.0404. The second kappa shape index (κ2) is 6.69. The van der Waals surface area contributed by atoms with Crippen LogP contribution in [0.4, 0.5) is 0 Å². The van der Waals surface area contributed by atoms with Gasteiger partial charge in [-0.15, -0.1) is 0 Å². The molecule has 1 aliphatic rings. The second-order valence-electron chi connectivity index (χ2n) is 7.32. The maximum atomic E-state index is 12.5. The van der Waals surface area contributed by atoms with Crippen LogP contribution in [0, 0.1) is 25.2 Å². The van der Waals surface area contributed by atoms with Gasteiger partial charge in [-0.3, -0.25) is 4.79 Å². The van der Waals surface area contributed by atoms with Crippen LogP contribution in [0.25, 0.3) is 0 Å². The largest absolute Gasteiger partial charge is 0.380 e. The van der Waals surface area contributed by atoms with E-state index in [-0.39, 0.29) is 45.7 Å². The summed E-state index contributed by atoms with van der Waals surface area (Å²) in [7, 11) is -2.24. The first-order chi connectivity index (χ1) is 11.4. The highest BCUT2D eigenvalue weighted by molar-refractivity contribution is 7.89. The van der Waals surface area contributed by atoms with Crippen molar-refractivity contribution in [2.45, 2.75) is 64.6 Å². The van der Waals surface area contributed by atoms with Crippen LogP contribution in [0.5, 0.6) is 0 Å². The molecule has 1 aromatic rings. The third kappa shape index (κ3) is 3.45. The lowest BCUT2D eigenvalue weighted by atomic mass is 9.58. The summed E-state index contributed by atoms with van der Waals surface area (Å²) in [5, 5.41) is 6.58. The number of rotatable bonds is 6. The van der Waals surface area contributed by atoms with Crippen LogP contribution in [0.3, 0.4) is 0 Å². The van der Waals surface area contributed by atoms with Crippen LogP contribution < -0.4 is 10.0 Å². The molecule has 8 nitrogen and oxygen atoms in total. The number of sulfonamides is 1. The van der Waals surface area contributed by atoms with Gasteiger partial charge in [-0.05, 0) is 20.8 Å². The Kier molecular flexibility index (Phi) is 5.32. The van der Waals surface area contributed by atoms with Crippen molar-refractivity contribution in [3.05, 3.63) is 11.5 Å². The Morgan fingerprint density at radius 3 is 2.40 bits per heavy atom. The first kappa shape index (κ1) is 19.9. The topological polar surface area (TPSA) is 111 Å². The van der Waals surface area contributed by atoms with Crippen molar-refractivity contribution in [1.29, 1.82) is 0 Å². The van der Waals surface area contributed by atoms with E-state index in [9.17, 15) is 13.2 Å². The van der Waals surface area contributed by atoms with Crippen molar-refractivity contribution in [1.82, 2.24) is 15.2 Å². The van der Waals surface area contributed by atoms with Gasteiger partial charge < -0.3 is 14.6 Å². The molecule has 1 saturated carbocycles. The van der Waals surface area contributed by atoms with Crippen LogP contribution >= 0.6 is 0 Å². The number of hydrogen-bond donors (Lipinski definition) is 2. The number of aromatic nitrogens is 1. The van der Waals surface area contributed by atoms with E-state index >= 15 is 0 Å². The number of methoxy groups -OCH3 is 1. The van der Waals surface area contributed by atoms with Gasteiger partial charge in [0, 0.05) is 24.5 Å². The minimum absolute atomic E-state index is 0.0241. The smallest absolute Gasteiger partial charge is 0.246 e. The van der Waals surface area contributed by atoms with E-state index in [1.165, 1.54) is 13.8 Å². The second-order valence-corrected chi connectivity index (χ2v) is 8.97. The van der Waals surface area contributed by atoms with Gasteiger partial charge in [0.1, 0.15) is 10.6 Å². The molecule has 142 valence electrons. The molecular weight excluding hydrogens is 346 g/mol. The maximum absolute atomic E-state index is 12.5. The van der Waals surface area contributed by atoms with Gasteiger partial charge in [0.15, 0.2) is 5.76 Å². The predicted molar refractivity (Wildman–Crippen MR) is 91.4 cm³/mol. The molecule has 1 fully saturated rings. The van der Waals surface area contributed by atoms with Crippen LogP contribution in [0.15, 0.2) is 9.42 Å². The fourth-order valence-corrected chi connectivity index (χ4v) is 5.44. The lowest BCUT2D eigenvalue weighted by Gasteiger charge is -2.56. The number of hydrogen-bond acceptors (Lipinski definition) is 6. The highest BCUT2D eigenvalue weighted by atomic mass is 32.2. The third-order valence-electron chi connectivity index (χ3n) is 5.05. The molecule has 4 atom stereocenters. The van der Waals surface area contributed by atoms with Crippen LogP contribution in [-0.4, -0.2) is 44.8 Å². The van der Waals surface area contributed by atoms with Gasteiger partial charge in [-0.1, -0.05) is 25.9 Å². The number of nitrogens with one attached hydrogen (secondary N) is 2. The van der Waals surface area contributed by atoms with Crippen molar-refractivity contribution in [3.63, 3.8) is 0 Å². The molecule has 0 aliphatic heterocycles. The molecule has 9 heteroatoms. The van der Waals surface area contributed by atoms with E-state index < -0.39 is 16.1 Å². The molecule has 0 radical (unpaired) electrons. The summed E-state index contributed by atoms with van der Waals surface area (Å²) >= 11 is 0. The summed E-state index contributed by atoms with van der Waals surface area (Å²) in [4.78, 5) is 12.4. The third-order valence-corrected chi connectivity index (χ3v) is 6.84. The normalized spacial score (nSPS) is 26.8. The Hall–Kier alpha value is -1.45. The molecular formula is C16H27N3O5S. The van der Waals surface area contributed by atoms with Crippen molar-refractivity contribution in [2.24, 2.45) is 11.3 Å². The summed E-state index contributed by atoms with van der Waals surface area (Å²) in [6.07, 6.45) is 0.0482. The number of aryl methyl sites for hydroxylation is 2. The van der Waals surface area contributed by atoms with Gasteiger partial charge in [0.05, 0.1) is 12.1 Å². The van der Waals surface area contributed by atoms with E-state index in [4.69, 9.17) is 9.26 Å². The SMILES string of the molecule is CO[C@@H]1[C@@H](C)[C@@H](NC(=O)[C@H](C)NS(=O)(=O)c2c(C)noc2C)C1(C)C. The fourth-order valence-electron chi connectivity index (χ4n) is 3.91. The average Bonchev–Trinajstić information content (AvgIpc) is 2.83. The van der Waals surface area contributed by atoms with E-state index in [0.29, 0.717) is 0 Å². The summed E-state index contributed by atoms with van der Waals surface area (Å²) in [6, 6.07) is -1.01. The number of nitrogens with zero attached hydrogens (tertiary/aromatic N) is 1. The number of carbonyl (C=O) groups excluding carboxylic acids is 1. The van der Waals surface area contributed by atoms with E-state index in [0.717, 1.165) is 0 Å². The Morgan fingerprint density at radius 1 is 1.36 bits per heavy atom. The number of amides is 1. The van der Waals surface area contributed by atoms with Gasteiger partial charge >= 0.3 is 0 Å². The molecule has 1 heterocycles. The molecule has 0 spiro atoms. The maximum Gasteiger partial charge on any atom is 0.246 e. The summed E-state index contributed by atoms with van der Waals surface area (Å²) in [6.45, 7) is 10.6. The Morgan fingerprint density at radius 2 is 1.96 bits per heavy atom. The molecule has 1 amide bonds. The molecule has 25 heavy (non-hydrogen) atoms. The summed E-state index contributed by atoms with van der Waals surface area (Å²) < 4.78 is 37.7. The lowest BCUT2D eigenvalue weighted by molar-refractivity contribution is -0.155. The van der Waals surface area contributed by atoms with Gasteiger partial charge in [0.2, 0.25) is 15.9 Å². The molecule has 0 saturated heterocycles. The average molecular weight is 373 g/mol. The summed E-state index contributed by atoms with van der Waals surface area (Å²) in [5.74, 6) is -0.0422. The van der Waals surface area contributed by atoms with E-state index in [1.54, 1.807) is 14.0 Å². The Labute approximate surface area is 148 Å². The number of carbonyl (C=O) groups is 1. The number of ether oxygens (including phenoxy) is 1. The zero-order valence-electron chi connectivity index (χ0n) is 15.7. The Bertz CT molecular complexity index is 736. The minimum Gasteiger partial charge on any atom is -0.380 e. The highest BCUT2D eigenvalue weighted by Crippen LogP contribution is 2.46. The molecule has 0 unspecified atom stereocenters.